The monoisotopic (exact) mass is 424 g/mol. The summed E-state index contributed by atoms with van der Waals surface area (Å²) in [7, 11) is 0. The fourth-order valence-electron chi connectivity index (χ4n) is 2.77. The number of carbonyl (C=O) groups is 1. The van der Waals surface area contributed by atoms with Crippen LogP contribution in [0, 0.1) is 10.1 Å². The van der Waals surface area contributed by atoms with Gasteiger partial charge in [-0.05, 0) is 29.8 Å². The van der Waals surface area contributed by atoms with E-state index < -0.39 is 4.92 Å². The van der Waals surface area contributed by atoms with Crippen LogP contribution in [0.1, 0.15) is 5.56 Å². The Kier molecular flexibility index (Phi) is 5.75. The zero-order chi connectivity index (χ0) is 20.9. The summed E-state index contributed by atoms with van der Waals surface area (Å²) in [6, 6.07) is 15.2. The number of nitro benzene ring substituents is 1. The highest BCUT2D eigenvalue weighted by Gasteiger charge is 2.14. The van der Waals surface area contributed by atoms with Gasteiger partial charge in [-0.25, -0.2) is 0 Å². The van der Waals surface area contributed by atoms with Crippen molar-refractivity contribution in [1.29, 1.82) is 0 Å². The van der Waals surface area contributed by atoms with E-state index in [0.29, 0.717) is 34.3 Å². The van der Waals surface area contributed by atoms with E-state index in [1.165, 1.54) is 23.9 Å². The Hall–Kier alpha value is -3.66. The average Bonchev–Trinajstić information content (AvgIpc) is 3.24. The van der Waals surface area contributed by atoms with Crippen molar-refractivity contribution in [2.75, 3.05) is 12.5 Å². The summed E-state index contributed by atoms with van der Waals surface area (Å²) in [6.45, 7) is 0.593. The first-order valence-corrected chi connectivity index (χ1v) is 9.93. The second-order valence-electron chi connectivity index (χ2n) is 6.32. The molecule has 0 atom stereocenters. The summed E-state index contributed by atoms with van der Waals surface area (Å²) >= 11 is 1.26. The number of benzene rings is 2. The lowest BCUT2D eigenvalue weighted by atomic mass is 10.1. The van der Waals surface area contributed by atoms with Crippen molar-refractivity contribution >= 4 is 23.4 Å². The van der Waals surface area contributed by atoms with Crippen LogP contribution in [0.2, 0.25) is 0 Å². The van der Waals surface area contributed by atoms with Crippen LogP contribution in [0.3, 0.4) is 0 Å². The number of hydrogen-bond donors (Lipinski definition) is 1. The summed E-state index contributed by atoms with van der Waals surface area (Å²) in [5, 5.41) is 22.5. The molecule has 1 aliphatic heterocycles. The molecule has 1 aromatic heterocycles. The molecule has 9 nitrogen and oxygen atoms in total. The standard InChI is InChI=1S/C20H16N4O5S/c25-19(21-10-13-4-6-17-18(8-13)29-12-28-17)11-30-20-7-5-16(22-23-20)14-2-1-3-15(9-14)24(26)27/h1-9H,10-12H2,(H,21,25). The highest BCUT2D eigenvalue weighted by Crippen LogP contribution is 2.32. The molecule has 1 N–H and O–H groups in total. The molecular weight excluding hydrogens is 408 g/mol. The van der Waals surface area contributed by atoms with Crippen molar-refractivity contribution in [1.82, 2.24) is 15.5 Å². The van der Waals surface area contributed by atoms with E-state index in [4.69, 9.17) is 9.47 Å². The predicted molar refractivity (Wildman–Crippen MR) is 109 cm³/mol. The highest BCUT2D eigenvalue weighted by molar-refractivity contribution is 7.99. The average molecular weight is 424 g/mol. The number of thioether (sulfide) groups is 1. The number of ether oxygens (including phenoxy) is 2. The van der Waals surface area contributed by atoms with Crippen LogP contribution in [0.25, 0.3) is 11.3 Å². The Bertz CT molecular complexity index is 1090. The predicted octanol–water partition coefficient (Wildman–Crippen LogP) is 3.19. The van der Waals surface area contributed by atoms with Gasteiger partial charge in [0.15, 0.2) is 11.5 Å². The molecule has 4 rings (SSSR count). The lowest BCUT2D eigenvalue weighted by Crippen LogP contribution is -2.24. The quantitative estimate of drug-likeness (QED) is 0.349. The Morgan fingerprint density at radius 3 is 2.77 bits per heavy atom. The molecule has 0 saturated heterocycles. The van der Waals surface area contributed by atoms with Crippen LogP contribution < -0.4 is 14.8 Å². The molecule has 152 valence electrons. The maximum Gasteiger partial charge on any atom is 0.270 e. The summed E-state index contributed by atoms with van der Waals surface area (Å²) in [6.07, 6.45) is 0. The fourth-order valence-corrected chi connectivity index (χ4v) is 3.42. The van der Waals surface area contributed by atoms with Crippen LogP contribution >= 0.6 is 11.8 Å². The van der Waals surface area contributed by atoms with Crippen LogP contribution in [0.15, 0.2) is 59.6 Å². The van der Waals surface area contributed by atoms with Gasteiger partial charge in [0.05, 0.1) is 16.4 Å². The number of nitrogens with zero attached hydrogens (tertiary/aromatic N) is 3. The van der Waals surface area contributed by atoms with E-state index in [-0.39, 0.29) is 24.1 Å². The number of fused-ring (bicyclic) bond motifs is 1. The van der Waals surface area contributed by atoms with Crippen LogP contribution in [0.5, 0.6) is 11.5 Å². The molecule has 0 aliphatic carbocycles. The van der Waals surface area contributed by atoms with Crippen LogP contribution in [-0.4, -0.2) is 33.6 Å². The largest absolute Gasteiger partial charge is 0.454 e. The van der Waals surface area contributed by atoms with Gasteiger partial charge in [-0.15, -0.1) is 10.2 Å². The zero-order valence-electron chi connectivity index (χ0n) is 15.6. The van der Waals surface area contributed by atoms with Crippen molar-refractivity contribution in [3.8, 4) is 22.8 Å². The number of carbonyl (C=O) groups excluding carboxylic acids is 1. The number of aromatic nitrogens is 2. The number of nitro groups is 1. The normalized spacial score (nSPS) is 11.9. The summed E-state index contributed by atoms with van der Waals surface area (Å²) in [5.41, 5.74) is 2.04. The number of amides is 1. The minimum absolute atomic E-state index is 0.00752. The lowest BCUT2D eigenvalue weighted by molar-refractivity contribution is -0.384. The van der Waals surface area contributed by atoms with E-state index in [0.717, 1.165) is 5.56 Å². The first-order valence-electron chi connectivity index (χ1n) is 8.95. The maximum atomic E-state index is 12.1. The molecule has 0 spiro atoms. The summed E-state index contributed by atoms with van der Waals surface area (Å²) < 4.78 is 10.6. The van der Waals surface area contributed by atoms with Crippen molar-refractivity contribution in [2.45, 2.75) is 11.6 Å². The molecule has 0 radical (unpaired) electrons. The molecule has 2 heterocycles. The van der Waals surface area contributed by atoms with E-state index in [2.05, 4.69) is 15.5 Å². The van der Waals surface area contributed by atoms with E-state index in [9.17, 15) is 14.9 Å². The first kappa shape index (κ1) is 19.6. The number of rotatable bonds is 7. The fraction of sp³-hybridized carbons (Fsp3) is 0.150. The molecule has 3 aromatic rings. The third-order valence-corrected chi connectivity index (χ3v) is 5.19. The first-order chi connectivity index (χ1) is 14.6. The van der Waals surface area contributed by atoms with Crippen molar-refractivity contribution in [3.05, 3.63) is 70.3 Å². The number of non-ortho nitro benzene ring substituents is 1. The molecule has 30 heavy (non-hydrogen) atoms. The summed E-state index contributed by atoms with van der Waals surface area (Å²) in [4.78, 5) is 22.6. The minimum atomic E-state index is -0.455. The third-order valence-electron chi connectivity index (χ3n) is 4.27. The van der Waals surface area contributed by atoms with E-state index >= 15 is 0 Å². The summed E-state index contributed by atoms with van der Waals surface area (Å²) in [5.74, 6) is 1.43. The Morgan fingerprint density at radius 2 is 1.97 bits per heavy atom. The molecule has 0 fully saturated rings. The van der Waals surface area contributed by atoms with Gasteiger partial charge in [0.1, 0.15) is 5.03 Å². The Morgan fingerprint density at radius 1 is 1.10 bits per heavy atom. The van der Waals surface area contributed by atoms with E-state index in [1.807, 2.05) is 18.2 Å². The second kappa shape index (κ2) is 8.78. The van der Waals surface area contributed by atoms with Gasteiger partial charge in [-0.2, -0.15) is 0 Å². The molecule has 0 saturated carbocycles. The highest BCUT2D eigenvalue weighted by atomic mass is 32.2. The minimum Gasteiger partial charge on any atom is -0.454 e. The van der Waals surface area contributed by atoms with Gasteiger partial charge in [0.25, 0.3) is 5.69 Å². The molecule has 2 aromatic carbocycles. The van der Waals surface area contributed by atoms with Gasteiger partial charge in [0.2, 0.25) is 12.7 Å². The lowest BCUT2D eigenvalue weighted by Gasteiger charge is -2.06. The van der Waals surface area contributed by atoms with Crippen LogP contribution in [0.4, 0.5) is 5.69 Å². The molecule has 0 bridgehead atoms. The third kappa shape index (κ3) is 4.66. The van der Waals surface area contributed by atoms with Crippen molar-refractivity contribution in [2.24, 2.45) is 0 Å². The van der Waals surface area contributed by atoms with Gasteiger partial charge in [-0.3, -0.25) is 14.9 Å². The van der Waals surface area contributed by atoms with Crippen molar-refractivity contribution in [3.63, 3.8) is 0 Å². The van der Waals surface area contributed by atoms with Crippen molar-refractivity contribution < 1.29 is 19.2 Å². The number of hydrogen-bond acceptors (Lipinski definition) is 8. The second-order valence-corrected chi connectivity index (χ2v) is 7.31. The maximum absolute atomic E-state index is 12.1. The van der Waals surface area contributed by atoms with Gasteiger partial charge in [-0.1, -0.05) is 30.0 Å². The molecule has 1 amide bonds. The molecule has 1 aliphatic rings. The Labute approximate surface area is 175 Å². The van der Waals surface area contributed by atoms with Gasteiger partial charge < -0.3 is 14.8 Å². The molecular formula is C20H16N4O5S. The smallest absolute Gasteiger partial charge is 0.270 e. The molecule has 0 unspecified atom stereocenters. The molecule has 10 heteroatoms. The van der Waals surface area contributed by atoms with Gasteiger partial charge in [0, 0.05) is 24.2 Å². The topological polar surface area (TPSA) is 116 Å². The van der Waals surface area contributed by atoms with Crippen LogP contribution in [-0.2, 0) is 11.3 Å². The SMILES string of the molecule is O=C(CSc1ccc(-c2cccc([N+](=O)[O-])c2)nn1)NCc1ccc2c(c1)OCO2. The number of nitrogens with one attached hydrogen (secondary N) is 1. The van der Waals surface area contributed by atoms with E-state index in [1.54, 1.807) is 24.3 Å². The Balaban J connectivity index is 1.29. The zero-order valence-corrected chi connectivity index (χ0v) is 16.4. The van der Waals surface area contributed by atoms with Gasteiger partial charge >= 0.3 is 0 Å².